The molecule has 234 valence electrons. The van der Waals surface area contributed by atoms with Crippen molar-refractivity contribution in [1.29, 1.82) is 5.26 Å². The largest absolute Gasteiger partial charge is 0.476 e. The molecule has 1 saturated heterocycles. The van der Waals surface area contributed by atoms with Crippen LogP contribution >= 0.6 is 11.6 Å². The normalized spacial score (nSPS) is 18.4. The van der Waals surface area contributed by atoms with Crippen molar-refractivity contribution in [2.75, 3.05) is 29.6 Å². The van der Waals surface area contributed by atoms with Crippen molar-refractivity contribution in [1.82, 2.24) is 20.6 Å². The lowest BCUT2D eigenvalue weighted by Gasteiger charge is -2.39. The van der Waals surface area contributed by atoms with Gasteiger partial charge >= 0.3 is 0 Å². The summed E-state index contributed by atoms with van der Waals surface area (Å²) in [4.78, 5) is 37.3. The van der Waals surface area contributed by atoms with Crippen molar-refractivity contribution in [2.45, 2.75) is 36.9 Å². The summed E-state index contributed by atoms with van der Waals surface area (Å²) >= 11 is 6.48. The number of alkyl halides is 2. The standard InChI is InChI=1S/C30H26ClF4N7O3/c1-17(25-14-37-15-26(43)42(25)29-38-7-6-20(13-36)40-29)45-16-41(22-9-18(32)8-19(33)10-22)27(23-4-2-3-5-24(23)31)28(44)39-21-11-30(34,35)12-21/h2-10,21,25,27,37H,1,11-12,14-16H2,(H,39,44)/t25-,27-/m0/s1. The molecule has 2 atom stereocenters. The van der Waals surface area contributed by atoms with Crippen molar-refractivity contribution < 1.29 is 31.9 Å². The number of halogens is 5. The molecule has 45 heavy (non-hydrogen) atoms. The maximum atomic E-state index is 14.5. The van der Waals surface area contributed by atoms with Gasteiger partial charge in [-0.05, 0) is 24.3 Å². The van der Waals surface area contributed by atoms with Crippen LogP contribution in [-0.2, 0) is 14.3 Å². The lowest BCUT2D eigenvalue weighted by Crippen LogP contribution is -2.57. The van der Waals surface area contributed by atoms with E-state index in [9.17, 15) is 32.4 Å². The summed E-state index contributed by atoms with van der Waals surface area (Å²) in [6, 6.07) is 8.95. The van der Waals surface area contributed by atoms with Crippen LogP contribution in [-0.4, -0.2) is 59.6 Å². The number of nitriles is 1. The molecule has 2 aromatic carbocycles. The number of nitrogens with one attached hydrogen (secondary N) is 2. The highest BCUT2D eigenvalue weighted by molar-refractivity contribution is 6.31. The Morgan fingerprint density at radius 1 is 1.24 bits per heavy atom. The number of hydrogen-bond donors (Lipinski definition) is 2. The Balaban J connectivity index is 1.48. The quantitative estimate of drug-likeness (QED) is 0.191. The first kappa shape index (κ1) is 31.7. The zero-order valence-corrected chi connectivity index (χ0v) is 24.3. The Morgan fingerprint density at radius 2 is 1.96 bits per heavy atom. The first-order chi connectivity index (χ1) is 21.5. The van der Waals surface area contributed by atoms with Crippen molar-refractivity contribution in [3.63, 3.8) is 0 Å². The van der Waals surface area contributed by atoms with Gasteiger partial charge in [0.1, 0.15) is 41.2 Å². The summed E-state index contributed by atoms with van der Waals surface area (Å²) in [6.07, 6.45) is 0.189. The van der Waals surface area contributed by atoms with Crippen LogP contribution in [0, 0.1) is 23.0 Å². The summed E-state index contributed by atoms with van der Waals surface area (Å²) in [5.41, 5.74) is 0.104. The number of benzene rings is 2. The second-order valence-electron chi connectivity index (χ2n) is 10.5. The van der Waals surface area contributed by atoms with E-state index in [0.29, 0.717) is 6.07 Å². The molecule has 1 aliphatic heterocycles. The van der Waals surface area contributed by atoms with Crippen LogP contribution in [0.4, 0.5) is 29.2 Å². The van der Waals surface area contributed by atoms with Crippen molar-refractivity contribution in [3.05, 3.63) is 95.0 Å². The number of amides is 2. The van der Waals surface area contributed by atoms with Crippen LogP contribution in [0.15, 0.2) is 67.1 Å². The van der Waals surface area contributed by atoms with Gasteiger partial charge in [0.2, 0.25) is 17.8 Å². The number of aromatic nitrogens is 2. The first-order valence-electron chi connectivity index (χ1n) is 13.7. The summed E-state index contributed by atoms with van der Waals surface area (Å²) in [7, 11) is 0. The maximum Gasteiger partial charge on any atom is 0.252 e. The Labute approximate surface area is 260 Å². The van der Waals surface area contributed by atoms with Crippen LogP contribution < -0.4 is 20.4 Å². The van der Waals surface area contributed by atoms with Gasteiger partial charge in [-0.1, -0.05) is 36.4 Å². The molecule has 2 aliphatic rings. The fraction of sp³-hybridized carbons (Fsp3) is 0.300. The molecule has 1 saturated carbocycles. The van der Waals surface area contributed by atoms with Gasteiger partial charge in [0.25, 0.3) is 5.92 Å². The van der Waals surface area contributed by atoms with Gasteiger partial charge in [0, 0.05) is 54.0 Å². The average molecular weight is 644 g/mol. The third-order valence-corrected chi connectivity index (χ3v) is 7.65. The molecule has 10 nitrogen and oxygen atoms in total. The number of carbonyl (C=O) groups is 2. The molecule has 2 N–H and O–H groups in total. The monoisotopic (exact) mass is 643 g/mol. The minimum absolute atomic E-state index is 0.0136. The van der Waals surface area contributed by atoms with Crippen LogP contribution in [0.2, 0.25) is 5.02 Å². The number of rotatable bonds is 10. The summed E-state index contributed by atoms with van der Waals surface area (Å²) < 4.78 is 62.2. The lowest BCUT2D eigenvalue weighted by molar-refractivity contribution is -0.130. The molecule has 3 aromatic rings. The van der Waals surface area contributed by atoms with Crippen LogP contribution in [0.25, 0.3) is 0 Å². The minimum atomic E-state index is -2.92. The van der Waals surface area contributed by atoms with Gasteiger partial charge in [-0.25, -0.2) is 27.5 Å². The molecular formula is C30H26ClF4N7O3. The Bertz CT molecular complexity index is 1640. The highest BCUT2D eigenvalue weighted by Crippen LogP contribution is 2.39. The predicted octanol–water partition coefficient (Wildman–Crippen LogP) is 4.23. The Kier molecular flexibility index (Phi) is 9.21. The second-order valence-corrected chi connectivity index (χ2v) is 10.9. The van der Waals surface area contributed by atoms with Crippen LogP contribution in [0.3, 0.4) is 0 Å². The van der Waals surface area contributed by atoms with Crippen molar-refractivity contribution >= 4 is 35.1 Å². The van der Waals surface area contributed by atoms with E-state index in [4.69, 9.17) is 16.3 Å². The number of carbonyl (C=O) groups excluding carboxylic acids is 2. The molecule has 1 aromatic heterocycles. The van der Waals surface area contributed by atoms with Crippen molar-refractivity contribution in [2.24, 2.45) is 0 Å². The van der Waals surface area contributed by atoms with Gasteiger partial charge in [-0.15, -0.1) is 0 Å². The smallest absolute Gasteiger partial charge is 0.252 e. The zero-order chi connectivity index (χ0) is 32.3. The summed E-state index contributed by atoms with van der Waals surface area (Å²) in [6.45, 7) is 3.48. The van der Waals surface area contributed by atoms with E-state index in [-0.39, 0.29) is 46.8 Å². The number of anilines is 2. The Hall–Kier alpha value is -4.74. The number of nitrogens with zero attached hydrogens (tertiary/aromatic N) is 5. The third kappa shape index (κ3) is 7.16. The highest BCUT2D eigenvalue weighted by Gasteiger charge is 2.47. The highest BCUT2D eigenvalue weighted by atomic mass is 35.5. The van der Waals surface area contributed by atoms with Gasteiger partial charge in [0.05, 0.1) is 6.54 Å². The number of ether oxygens (including phenoxy) is 1. The lowest BCUT2D eigenvalue weighted by atomic mass is 9.87. The maximum absolute atomic E-state index is 14.5. The van der Waals surface area contributed by atoms with Crippen molar-refractivity contribution in [3.8, 4) is 6.07 Å². The molecule has 2 heterocycles. The average Bonchev–Trinajstić information content (AvgIpc) is 2.98. The van der Waals surface area contributed by atoms with Gasteiger partial charge in [-0.2, -0.15) is 5.26 Å². The summed E-state index contributed by atoms with van der Waals surface area (Å²) in [5, 5.41) is 14.9. The molecule has 2 amide bonds. The first-order valence-corrected chi connectivity index (χ1v) is 14.1. The van der Waals surface area contributed by atoms with Crippen LogP contribution in [0.5, 0.6) is 0 Å². The number of hydrogen-bond acceptors (Lipinski definition) is 8. The Morgan fingerprint density at radius 3 is 2.62 bits per heavy atom. The van der Waals surface area contributed by atoms with E-state index in [0.717, 1.165) is 12.1 Å². The minimum Gasteiger partial charge on any atom is -0.476 e. The van der Waals surface area contributed by atoms with Gasteiger partial charge in [-0.3, -0.25) is 14.5 Å². The number of piperazine rings is 1. The predicted molar refractivity (Wildman–Crippen MR) is 155 cm³/mol. The van der Waals surface area contributed by atoms with Gasteiger partial charge < -0.3 is 20.3 Å². The molecule has 1 aliphatic carbocycles. The molecule has 2 fully saturated rings. The molecule has 0 spiro atoms. The van der Waals surface area contributed by atoms with E-state index in [1.165, 1.54) is 34.2 Å². The molecule has 0 unspecified atom stereocenters. The SMILES string of the molecule is C=C(OCN(c1cc(F)cc(F)c1)[C@H](C(=O)NC1CC(F)(F)C1)c1ccccc1Cl)[C@@H]1CNCC(=O)N1c1nccc(C#N)n1. The van der Waals surface area contributed by atoms with Gasteiger partial charge in [0.15, 0.2) is 6.73 Å². The molecule has 0 radical (unpaired) electrons. The fourth-order valence-corrected chi connectivity index (χ4v) is 5.38. The second kappa shape index (κ2) is 13.1. The topological polar surface area (TPSA) is 123 Å². The van der Waals surface area contributed by atoms with E-state index in [2.05, 4.69) is 27.2 Å². The van der Waals surface area contributed by atoms with Crippen LogP contribution in [0.1, 0.15) is 30.1 Å². The molecule has 15 heteroatoms. The molecule has 5 rings (SSSR count). The molecular weight excluding hydrogens is 618 g/mol. The van der Waals surface area contributed by atoms with E-state index >= 15 is 0 Å². The van der Waals surface area contributed by atoms with E-state index in [1.54, 1.807) is 12.1 Å². The van der Waals surface area contributed by atoms with E-state index < -0.39 is 67.1 Å². The van der Waals surface area contributed by atoms with E-state index in [1.807, 2.05) is 6.07 Å². The zero-order valence-electron chi connectivity index (χ0n) is 23.5. The third-order valence-electron chi connectivity index (χ3n) is 7.30. The summed E-state index contributed by atoms with van der Waals surface area (Å²) in [5.74, 6) is -6.11. The molecule has 0 bridgehead atoms. The fourth-order valence-electron chi connectivity index (χ4n) is 5.14.